The van der Waals surface area contributed by atoms with E-state index in [1.807, 2.05) is 12.1 Å². The molecule has 0 heterocycles. The first-order chi connectivity index (χ1) is 9.83. The van der Waals surface area contributed by atoms with Crippen molar-refractivity contribution in [1.29, 1.82) is 0 Å². The minimum absolute atomic E-state index is 0.0336. The lowest BCUT2D eigenvalue weighted by molar-refractivity contribution is 0.531. The molecule has 0 saturated carbocycles. The van der Waals surface area contributed by atoms with E-state index in [0.29, 0.717) is 0 Å². The summed E-state index contributed by atoms with van der Waals surface area (Å²) < 4.78 is 14.3. The van der Waals surface area contributed by atoms with E-state index < -0.39 is 0 Å². The monoisotopic (exact) mass is 274 g/mol. The third-order valence-electron chi connectivity index (χ3n) is 4.36. The highest BCUT2D eigenvalue weighted by atomic mass is 19.1. The smallest absolute Gasteiger partial charge is 0.103 e. The standard InChI is InChI=1S/C19H27F/c1-2-3-4-5-6-7-8-13-19(20)18-15-14-16-11-9-10-12-17(16)18/h9-13,18H,2-8,14-15H2,1H3/b19-13-. The molecule has 20 heavy (non-hydrogen) atoms. The molecule has 1 unspecified atom stereocenters. The van der Waals surface area contributed by atoms with Crippen molar-refractivity contribution in [2.75, 3.05) is 0 Å². The van der Waals surface area contributed by atoms with Gasteiger partial charge in [-0.3, -0.25) is 0 Å². The van der Waals surface area contributed by atoms with Gasteiger partial charge in [0.15, 0.2) is 0 Å². The summed E-state index contributed by atoms with van der Waals surface area (Å²) in [5.41, 5.74) is 2.55. The van der Waals surface area contributed by atoms with Crippen LogP contribution in [0, 0.1) is 0 Å². The van der Waals surface area contributed by atoms with Crippen LogP contribution < -0.4 is 0 Å². The van der Waals surface area contributed by atoms with Crippen LogP contribution in [-0.4, -0.2) is 0 Å². The molecule has 0 aromatic heterocycles. The third kappa shape index (κ3) is 4.19. The van der Waals surface area contributed by atoms with E-state index >= 15 is 0 Å². The van der Waals surface area contributed by atoms with Crippen molar-refractivity contribution < 1.29 is 4.39 Å². The number of unbranched alkanes of at least 4 members (excludes halogenated alkanes) is 6. The van der Waals surface area contributed by atoms with Crippen LogP contribution in [0.3, 0.4) is 0 Å². The quantitative estimate of drug-likeness (QED) is 0.486. The maximum Gasteiger partial charge on any atom is 0.103 e. The average molecular weight is 274 g/mol. The molecule has 1 aliphatic carbocycles. The summed E-state index contributed by atoms with van der Waals surface area (Å²) in [6.07, 6.45) is 12.3. The largest absolute Gasteiger partial charge is 0.212 e. The fraction of sp³-hybridized carbons (Fsp3) is 0.579. The Labute approximate surface area is 123 Å². The van der Waals surface area contributed by atoms with Gasteiger partial charge >= 0.3 is 0 Å². The molecule has 1 heteroatoms. The van der Waals surface area contributed by atoms with E-state index in [-0.39, 0.29) is 11.7 Å². The summed E-state index contributed by atoms with van der Waals surface area (Å²) in [4.78, 5) is 0. The van der Waals surface area contributed by atoms with E-state index in [0.717, 1.165) is 25.7 Å². The van der Waals surface area contributed by atoms with Crippen LogP contribution in [0.5, 0.6) is 0 Å². The lowest BCUT2D eigenvalue weighted by Crippen LogP contribution is -1.94. The third-order valence-corrected chi connectivity index (χ3v) is 4.36. The number of hydrogen-bond donors (Lipinski definition) is 0. The number of hydrogen-bond acceptors (Lipinski definition) is 0. The lowest BCUT2D eigenvalue weighted by atomic mass is 9.99. The molecule has 1 aromatic carbocycles. The SMILES string of the molecule is CCCCCCCC/C=C(\F)C1CCc2ccccc21. The van der Waals surface area contributed by atoms with Gasteiger partial charge in [0, 0.05) is 5.92 Å². The first kappa shape index (κ1) is 15.3. The second-order valence-corrected chi connectivity index (χ2v) is 5.94. The molecule has 0 bridgehead atoms. The van der Waals surface area contributed by atoms with Crippen molar-refractivity contribution in [3.8, 4) is 0 Å². The lowest BCUT2D eigenvalue weighted by Gasteiger charge is -2.09. The Kier molecular flexibility index (Phi) is 6.29. The van der Waals surface area contributed by atoms with E-state index in [2.05, 4.69) is 25.1 Å². The summed E-state index contributed by atoms with van der Waals surface area (Å²) in [5, 5.41) is 0. The highest BCUT2D eigenvalue weighted by Gasteiger charge is 2.25. The molecule has 1 aliphatic rings. The van der Waals surface area contributed by atoms with Crippen LogP contribution in [0.15, 0.2) is 36.2 Å². The van der Waals surface area contributed by atoms with Crippen molar-refractivity contribution in [3.05, 3.63) is 47.3 Å². The Hall–Kier alpha value is -1.11. The fourth-order valence-electron chi connectivity index (χ4n) is 3.15. The number of fused-ring (bicyclic) bond motifs is 1. The number of halogens is 1. The van der Waals surface area contributed by atoms with Crippen LogP contribution in [0.1, 0.15) is 75.3 Å². The average Bonchev–Trinajstić information content (AvgIpc) is 2.90. The zero-order valence-electron chi connectivity index (χ0n) is 12.7. The van der Waals surface area contributed by atoms with Crippen molar-refractivity contribution in [2.45, 2.75) is 70.6 Å². The van der Waals surface area contributed by atoms with Crippen LogP contribution in [0.2, 0.25) is 0 Å². The second kappa shape index (κ2) is 8.24. The highest BCUT2D eigenvalue weighted by molar-refractivity contribution is 5.38. The molecule has 0 N–H and O–H groups in total. The predicted octanol–water partition coefficient (Wildman–Crippen LogP) is 6.32. The first-order valence-corrected chi connectivity index (χ1v) is 8.26. The predicted molar refractivity (Wildman–Crippen MR) is 84.7 cm³/mol. The molecule has 0 fully saturated rings. The van der Waals surface area contributed by atoms with Gasteiger partial charge in [-0.1, -0.05) is 69.4 Å². The molecule has 2 rings (SSSR count). The summed E-state index contributed by atoms with van der Waals surface area (Å²) in [5.74, 6) is 0.134. The van der Waals surface area contributed by atoms with Gasteiger partial charge in [0.2, 0.25) is 0 Å². The van der Waals surface area contributed by atoms with Gasteiger partial charge in [-0.05, 0) is 36.8 Å². The van der Waals surface area contributed by atoms with Gasteiger partial charge in [-0.25, -0.2) is 4.39 Å². The number of allylic oxidation sites excluding steroid dienone is 2. The highest BCUT2D eigenvalue weighted by Crippen LogP contribution is 2.38. The molecule has 0 radical (unpaired) electrons. The van der Waals surface area contributed by atoms with Crippen LogP contribution >= 0.6 is 0 Å². The fourth-order valence-corrected chi connectivity index (χ4v) is 3.15. The van der Waals surface area contributed by atoms with Crippen LogP contribution in [0.4, 0.5) is 4.39 Å². The molecule has 1 aromatic rings. The van der Waals surface area contributed by atoms with Crippen molar-refractivity contribution in [2.24, 2.45) is 0 Å². The van der Waals surface area contributed by atoms with Crippen molar-refractivity contribution >= 4 is 0 Å². The summed E-state index contributed by atoms with van der Waals surface area (Å²) in [7, 11) is 0. The molecular formula is C19H27F. The molecule has 0 spiro atoms. The zero-order valence-corrected chi connectivity index (χ0v) is 12.7. The van der Waals surface area contributed by atoms with Gasteiger partial charge in [0.05, 0.1) is 0 Å². The maximum atomic E-state index is 14.3. The Bertz CT molecular complexity index is 433. The Morgan fingerprint density at radius 2 is 1.90 bits per heavy atom. The number of aryl methyl sites for hydroxylation is 1. The summed E-state index contributed by atoms with van der Waals surface area (Å²) >= 11 is 0. The summed E-state index contributed by atoms with van der Waals surface area (Å²) in [6, 6.07) is 8.30. The molecular weight excluding hydrogens is 247 g/mol. The zero-order chi connectivity index (χ0) is 14.2. The molecule has 0 nitrogen and oxygen atoms in total. The van der Waals surface area contributed by atoms with Gasteiger partial charge in [-0.15, -0.1) is 0 Å². The van der Waals surface area contributed by atoms with E-state index in [4.69, 9.17) is 0 Å². The molecule has 0 saturated heterocycles. The minimum Gasteiger partial charge on any atom is -0.212 e. The Balaban J connectivity index is 1.75. The van der Waals surface area contributed by atoms with Gasteiger partial charge in [0.1, 0.15) is 5.83 Å². The topological polar surface area (TPSA) is 0 Å². The van der Waals surface area contributed by atoms with Crippen molar-refractivity contribution in [1.82, 2.24) is 0 Å². The molecule has 0 amide bonds. The van der Waals surface area contributed by atoms with E-state index in [1.54, 1.807) is 0 Å². The van der Waals surface area contributed by atoms with Gasteiger partial charge in [0.25, 0.3) is 0 Å². The maximum absolute atomic E-state index is 14.3. The number of benzene rings is 1. The molecule has 110 valence electrons. The Morgan fingerprint density at radius 3 is 2.75 bits per heavy atom. The van der Waals surface area contributed by atoms with Crippen LogP contribution in [-0.2, 0) is 6.42 Å². The van der Waals surface area contributed by atoms with E-state index in [9.17, 15) is 4.39 Å². The molecule has 0 aliphatic heterocycles. The summed E-state index contributed by atoms with van der Waals surface area (Å²) in [6.45, 7) is 2.23. The Morgan fingerprint density at radius 1 is 1.15 bits per heavy atom. The normalized spacial score (nSPS) is 18.3. The van der Waals surface area contributed by atoms with Gasteiger partial charge < -0.3 is 0 Å². The van der Waals surface area contributed by atoms with Crippen LogP contribution in [0.25, 0.3) is 0 Å². The second-order valence-electron chi connectivity index (χ2n) is 5.94. The minimum atomic E-state index is 0.0336. The number of rotatable bonds is 8. The van der Waals surface area contributed by atoms with E-state index in [1.165, 1.54) is 43.2 Å². The first-order valence-electron chi connectivity index (χ1n) is 8.26. The van der Waals surface area contributed by atoms with Crippen molar-refractivity contribution in [3.63, 3.8) is 0 Å². The van der Waals surface area contributed by atoms with Gasteiger partial charge in [-0.2, -0.15) is 0 Å². The molecule has 1 atom stereocenters.